The Bertz CT molecular complexity index is 716. The van der Waals surface area contributed by atoms with Crippen molar-refractivity contribution in [3.63, 3.8) is 0 Å². The maximum Gasteiger partial charge on any atom is 0.325 e. The number of carbonyl (C=O) groups is 3. The summed E-state index contributed by atoms with van der Waals surface area (Å²) >= 11 is 0. The summed E-state index contributed by atoms with van der Waals surface area (Å²) in [5.74, 6) is -0.0244. The minimum atomic E-state index is -0.831. The fourth-order valence-electron chi connectivity index (χ4n) is 3.83. The van der Waals surface area contributed by atoms with Crippen molar-refractivity contribution in [1.82, 2.24) is 20.1 Å². The highest BCUT2D eigenvalue weighted by Gasteiger charge is 2.52. The van der Waals surface area contributed by atoms with Gasteiger partial charge in [-0.3, -0.25) is 19.5 Å². The number of nitrogens with one attached hydrogen (secondary N) is 1. The van der Waals surface area contributed by atoms with Gasteiger partial charge in [-0.15, -0.1) is 0 Å². The third-order valence-corrected chi connectivity index (χ3v) is 5.66. The van der Waals surface area contributed by atoms with Crippen LogP contribution in [-0.2, 0) is 20.9 Å². The fourth-order valence-corrected chi connectivity index (χ4v) is 3.83. The average Bonchev–Trinajstić information content (AvgIpc) is 2.92. The van der Waals surface area contributed by atoms with Crippen LogP contribution in [0, 0.1) is 5.92 Å². The highest BCUT2D eigenvalue weighted by Crippen LogP contribution is 2.36. The van der Waals surface area contributed by atoms with Gasteiger partial charge in [-0.1, -0.05) is 13.0 Å². The first kappa shape index (κ1) is 20.3. The van der Waals surface area contributed by atoms with E-state index in [4.69, 9.17) is 4.74 Å². The van der Waals surface area contributed by atoms with Gasteiger partial charge in [-0.25, -0.2) is 4.79 Å². The van der Waals surface area contributed by atoms with Gasteiger partial charge in [0, 0.05) is 19.9 Å². The SMILES string of the molecule is COCCN(Cc1ccccn1)C(=O)CN1C(=O)NC2(CCC(C)CC2)C1=O. The second-order valence-corrected chi connectivity index (χ2v) is 7.72. The molecule has 1 saturated carbocycles. The number of hydrogen-bond donors (Lipinski definition) is 1. The van der Waals surface area contributed by atoms with Crippen molar-refractivity contribution >= 4 is 17.8 Å². The van der Waals surface area contributed by atoms with Crippen LogP contribution in [0.2, 0.25) is 0 Å². The number of methoxy groups -OCH3 is 1. The molecule has 28 heavy (non-hydrogen) atoms. The summed E-state index contributed by atoms with van der Waals surface area (Å²) < 4.78 is 5.10. The minimum absolute atomic E-state index is 0.265. The zero-order valence-electron chi connectivity index (χ0n) is 16.5. The number of ether oxygens (including phenoxy) is 1. The van der Waals surface area contributed by atoms with Crippen LogP contribution >= 0.6 is 0 Å². The first-order chi connectivity index (χ1) is 13.4. The van der Waals surface area contributed by atoms with Crippen LogP contribution in [-0.4, -0.2) is 65.0 Å². The number of aromatic nitrogens is 1. The Morgan fingerprint density at radius 3 is 2.75 bits per heavy atom. The van der Waals surface area contributed by atoms with E-state index in [0.29, 0.717) is 38.5 Å². The van der Waals surface area contributed by atoms with Crippen molar-refractivity contribution in [3.8, 4) is 0 Å². The Morgan fingerprint density at radius 1 is 1.36 bits per heavy atom. The fraction of sp³-hybridized carbons (Fsp3) is 0.600. The number of nitrogens with zero attached hydrogens (tertiary/aromatic N) is 3. The van der Waals surface area contributed by atoms with Gasteiger partial charge in [0.1, 0.15) is 12.1 Å². The quantitative estimate of drug-likeness (QED) is 0.716. The third kappa shape index (κ3) is 4.32. The first-order valence-corrected chi connectivity index (χ1v) is 9.76. The van der Waals surface area contributed by atoms with Crippen LogP contribution in [0.4, 0.5) is 4.79 Å². The molecule has 2 fully saturated rings. The van der Waals surface area contributed by atoms with Gasteiger partial charge in [0.25, 0.3) is 5.91 Å². The largest absolute Gasteiger partial charge is 0.383 e. The number of imide groups is 1. The van der Waals surface area contributed by atoms with E-state index in [0.717, 1.165) is 23.4 Å². The number of amides is 4. The van der Waals surface area contributed by atoms with Crippen LogP contribution in [0.1, 0.15) is 38.3 Å². The number of carbonyl (C=O) groups excluding carboxylic acids is 3. The van der Waals surface area contributed by atoms with Gasteiger partial charge >= 0.3 is 6.03 Å². The molecule has 3 rings (SSSR count). The second kappa shape index (κ2) is 8.68. The molecule has 0 aromatic carbocycles. The molecule has 8 nitrogen and oxygen atoms in total. The molecule has 1 saturated heterocycles. The van der Waals surface area contributed by atoms with Gasteiger partial charge in [0.2, 0.25) is 5.91 Å². The van der Waals surface area contributed by atoms with E-state index in [-0.39, 0.29) is 18.4 Å². The van der Waals surface area contributed by atoms with Gasteiger partial charge in [0.15, 0.2) is 0 Å². The maximum absolute atomic E-state index is 13.0. The zero-order valence-corrected chi connectivity index (χ0v) is 16.5. The topological polar surface area (TPSA) is 91.8 Å². The summed E-state index contributed by atoms with van der Waals surface area (Å²) in [7, 11) is 1.56. The molecule has 8 heteroatoms. The van der Waals surface area contributed by atoms with Gasteiger partial charge in [-0.05, 0) is 43.7 Å². The lowest BCUT2D eigenvalue weighted by Crippen LogP contribution is -2.50. The molecular weight excluding hydrogens is 360 g/mol. The normalized spacial score (nSPS) is 24.5. The van der Waals surface area contributed by atoms with Crippen LogP contribution in [0.15, 0.2) is 24.4 Å². The second-order valence-electron chi connectivity index (χ2n) is 7.72. The Morgan fingerprint density at radius 2 is 2.11 bits per heavy atom. The monoisotopic (exact) mass is 388 g/mol. The van der Waals surface area contributed by atoms with Gasteiger partial charge < -0.3 is 15.0 Å². The molecular formula is C20H28N4O4. The molecule has 152 valence electrons. The molecule has 1 aromatic heterocycles. The van der Waals surface area contributed by atoms with Crippen molar-refractivity contribution in [2.75, 3.05) is 26.8 Å². The molecule has 1 spiro atoms. The van der Waals surface area contributed by atoms with Crippen molar-refractivity contribution in [1.29, 1.82) is 0 Å². The van der Waals surface area contributed by atoms with Crippen molar-refractivity contribution in [2.24, 2.45) is 5.92 Å². The highest BCUT2D eigenvalue weighted by molar-refractivity contribution is 6.09. The molecule has 2 heterocycles. The molecule has 0 bridgehead atoms. The van der Waals surface area contributed by atoms with E-state index in [1.54, 1.807) is 18.2 Å². The molecule has 1 aromatic rings. The molecule has 0 atom stereocenters. The van der Waals surface area contributed by atoms with Gasteiger partial charge in [-0.2, -0.15) is 0 Å². The van der Waals surface area contributed by atoms with Gasteiger partial charge in [0.05, 0.1) is 18.8 Å². The molecule has 4 amide bonds. The third-order valence-electron chi connectivity index (χ3n) is 5.66. The smallest absolute Gasteiger partial charge is 0.325 e. The summed E-state index contributed by atoms with van der Waals surface area (Å²) in [5, 5.41) is 2.86. The summed E-state index contributed by atoms with van der Waals surface area (Å²) in [4.78, 5) is 45.2. The number of pyridine rings is 1. The summed E-state index contributed by atoms with van der Waals surface area (Å²) in [6.45, 7) is 2.91. The van der Waals surface area contributed by atoms with E-state index in [2.05, 4.69) is 17.2 Å². The van der Waals surface area contributed by atoms with E-state index >= 15 is 0 Å². The lowest BCUT2D eigenvalue weighted by molar-refractivity contribution is -0.140. The van der Waals surface area contributed by atoms with Crippen molar-refractivity contribution < 1.29 is 19.1 Å². The zero-order chi connectivity index (χ0) is 20.1. The Labute approximate surface area is 165 Å². The maximum atomic E-state index is 13.0. The molecule has 1 aliphatic carbocycles. The molecule has 1 N–H and O–H groups in total. The molecule has 2 aliphatic rings. The lowest BCUT2D eigenvalue weighted by atomic mass is 9.77. The van der Waals surface area contributed by atoms with E-state index in [9.17, 15) is 14.4 Å². The van der Waals surface area contributed by atoms with Crippen molar-refractivity contribution in [3.05, 3.63) is 30.1 Å². The summed E-state index contributed by atoms with van der Waals surface area (Å²) in [6.07, 6.45) is 4.72. The number of hydrogen-bond acceptors (Lipinski definition) is 5. The number of urea groups is 1. The summed E-state index contributed by atoms with van der Waals surface area (Å²) in [6, 6.07) is 5.02. The van der Waals surface area contributed by atoms with E-state index < -0.39 is 11.6 Å². The van der Waals surface area contributed by atoms with Crippen LogP contribution in [0.5, 0.6) is 0 Å². The standard InChI is InChI=1S/C20H28N4O4/c1-15-6-8-20(9-7-15)18(26)24(19(27)22-20)14-17(25)23(11-12-28-2)13-16-5-3-4-10-21-16/h3-5,10,15H,6-9,11-14H2,1-2H3,(H,22,27). The van der Waals surface area contributed by atoms with E-state index in [1.807, 2.05) is 18.2 Å². The van der Waals surface area contributed by atoms with Crippen LogP contribution < -0.4 is 5.32 Å². The summed E-state index contributed by atoms with van der Waals surface area (Å²) in [5.41, 5.74) is -0.0933. The highest BCUT2D eigenvalue weighted by atomic mass is 16.5. The van der Waals surface area contributed by atoms with Crippen LogP contribution in [0.25, 0.3) is 0 Å². The predicted molar refractivity (Wildman–Crippen MR) is 102 cm³/mol. The Balaban J connectivity index is 1.68. The van der Waals surface area contributed by atoms with E-state index in [1.165, 1.54) is 0 Å². The molecule has 1 aliphatic heterocycles. The first-order valence-electron chi connectivity index (χ1n) is 9.76. The van der Waals surface area contributed by atoms with Crippen LogP contribution in [0.3, 0.4) is 0 Å². The predicted octanol–water partition coefficient (Wildman–Crippen LogP) is 1.56. The average molecular weight is 388 g/mol. The Kier molecular flexibility index (Phi) is 6.28. The number of rotatable bonds is 7. The minimum Gasteiger partial charge on any atom is -0.383 e. The molecule has 0 radical (unpaired) electrons. The Hall–Kier alpha value is -2.48. The van der Waals surface area contributed by atoms with Crippen molar-refractivity contribution in [2.45, 2.75) is 44.7 Å². The molecule has 0 unspecified atom stereocenters. The lowest BCUT2D eigenvalue weighted by Gasteiger charge is -2.33.